The largest absolute Gasteiger partial charge is 0.454 e. The summed E-state index contributed by atoms with van der Waals surface area (Å²) in [5.74, 6) is 1.33. The number of hydrogen-bond donors (Lipinski definition) is 1. The Balaban J connectivity index is 2.14. The van der Waals surface area contributed by atoms with Crippen LogP contribution in [0.3, 0.4) is 0 Å². The van der Waals surface area contributed by atoms with E-state index in [1.54, 1.807) is 18.6 Å². The first kappa shape index (κ1) is 11.0. The number of aromatic nitrogens is 2. The lowest BCUT2D eigenvalue weighted by Gasteiger charge is -2.05. The van der Waals surface area contributed by atoms with Gasteiger partial charge in [0, 0.05) is 17.2 Å². The summed E-state index contributed by atoms with van der Waals surface area (Å²) in [6.45, 7) is 0.429. The highest BCUT2D eigenvalue weighted by Gasteiger charge is 1.99. The summed E-state index contributed by atoms with van der Waals surface area (Å²) in [6, 6.07) is 5.50. The van der Waals surface area contributed by atoms with E-state index in [4.69, 9.17) is 10.5 Å². The second kappa shape index (κ2) is 5.05. The van der Waals surface area contributed by atoms with Crippen molar-refractivity contribution in [3.8, 4) is 11.5 Å². The van der Waals surface area contributed by atoms with Gasteiger partial charge in [0.15, 0.2) is 0 Å². The van der Waals surface area contributed by atoms with Crippen LogP contribution in [0, 0.1) is 0 Å². The van der Waals surface area contributed by atoms with Gasteiger partial charge in [-0.1, -0.05) is 0 Å². The molecular weight excluding hydrogens is 270 g/mol. The molecule has 82 valence electrons. The zero-order valence-corrected chi connectivity index (χ0v) is 10.0. The van der Waals surface area contributed by atoms with Gasteiger partial charge in [-0.2, -0.15) is 0 Å². The fourth-order valence-corrected chi connectivity index (χ4v) is 1.52. The lowest BCUT2D eigenvalue weighted by atomic mass is 10.3. The molecule has 0 saturated heterocycles. The molecule has 0 aromatic carbocycles. The Morgan fingerprint density at radius 3 is 2.69 bits per heavy atom. The molecular formula is C11H10BrN3O. The third kappa shape index (κ3) is 2.77. The smallest absolute Gasteiger partial charge is 0.146 e. The van der Waals surface area contributed by atoms with Crippen LogP contribution in [0.15, 0.2) is 41.3 Å². The summed E-state index contributed by atoms with van der Waals surface area (Å²) in [6.07, 6.45) is 4.98. The molecule has 0 bridgehead atoms. The summed E-state index contributed by atoms with van der Waals surface area (Å²) < 4.78 is 6.43. The van der Waals surface area contributed by atoms with E-state index < -0.39 is 0 Å². The zero-order chi connectivity index (χ0) is 11.4. The molecule has 0 aliphatic carbocycles. The Hall–Kier alpha value is -1.46. The Bertz CT molecular complexity index is 473. The Morgan fingerprint density at radius 1 is 1.19 bits per heavy atom. The monoisotopic (exact) mass is 279 g/mol. The van der Waals surface area contributed by atoms with Gasteiger partial charge in [0.2, 0.25) is 0 Å². The lowest BCUT2D eigenvalue weighted by molar-refractivity contribution is 0.477. The zero-order valence-electron chi connectivity index (χ0n) is 8.43. The molecule has 2 rings (SSSR count). The topological polar surface area (TPSA) is 61.0 Å². The molecule has 0 aliphatic rings. The fourth-order valence-electron chi connectivity index (χ4n) is 1.18. The van der Waals surface area contributed by atoms with Crippen LogP contribution in [0.2, 0.25) is 0 Å². The third-order valence-corrected chi connectivity index (χ3v) is 2.36. The van der Waals surface area contributed by atoms with E-state index in [1.165, 1.54) is 0 Å². The van der Waals surface area contributed by atoms with Crippen molar-refractivity contribution in [1.82, 2.24) is 9.97 Å². The van der Waals surface area contributed by atoms with Crippen molar-refractivity contribution in [3.05, 3.63) is 47.0 Å². The molecule has 5 heteroatoms. The minimum Gasteiger partial charge on any atom is -0.454 e. The highest BCUT2D eigenvalue weighted by molar-refractivity contribution is 9.10. The Morgan fingerprint density at radius 2 is 2.06 bits per heavy atom. The summed E-state index contributed by atoms with van der Waals surface area (Å²) >= 11 is 3.32. The second-order valence-electron chi connectivity index (χ2n) is 3.13. The van der Waals surface area contributed by atoms with Gasteiger partial charge in [-0.05, 0) is 34.1 Å². The molecule has 2 N–H and O–H groups in total. The maximum absolute atomic E-state index is 5.56. The van der Waals surface area contributed by atoms with Gasteiger partial charge in [-0.15, -0.1) is 0 Å². The molecule has 4 nitrogen and oxygen atoms in total. The quantitative estimate of drug-likeness (QED) is 0.938. The number of nitrogens with zero attached hydrogens (tertiary/aromatic N) is 2. The Labute approximate surface area is 102 Å². The van der Waals surface area contributed by atoms with Gasteiger partial charge in [0.25, 0.3) is 0 Å². The fraction of sp³-hybridized carbons (Fsp3) is 0.0909. The van der Waals surface area contributed by atoms with E-state index in [1.807, 2.05) is 18.2 Å². The number of ether oxygens (including phenoxy) is 1. The Kier molecular flexibility index (Phi) is 3.48. The van der Waals surface area contributed by atoms with Crippen LogP contribution < -0.4 is 10.5 Å². The average Bonchev–Trinajstić information content (AvgIpc) is 2.30. The molecule has 0 fully saturated rings. The highest BCUT2D eigenvalue weighted by Crippen LogP contribution is 2.22. The summed E-state index contributed by atoms with van der Waals surface area (Å²) in [4.78, 5) is 8.14. The van der Waals surface area contributed by atoms with Crippen molar-refractivity contribution in [2.45, 2.75) is 6.54 Å². The molecule has 2 aromatic rings. The third-order valence-electron chi connectivity index (χ3n) is 1.92. The van der Waals surface area contributed by atoms with Gasteiger partial charge in [0.05, 0.1) is 18.1 Å². The van der Waals surface area contributed by atoms with Crippen molar-refractivity contribution in [3.63, 3.8) is 0 Å². The minimum atomic E-state index is 0.429. The molecule has 0 amide bonds. The van der Waals surface area contributed by atoms with E-state index in [0.29, 0.717) is 18.0 Å². The molecule has 0 atom stereocenters. The van der Waals surface area contributed by atoms with Crippen molar-refractivity contribution >= 4 is 15.9 Å². The molecule has 0 spiro atoms. The summed E-state index contributed by atoms with van der Waals surface area (Å²) in [5.41, 5.74) is 6.29. The van der Waals surface area contributed by atoms with Crippen LogP contribution in [-0.2, 0) is 6.54 Å². The predicted molar refractivity (Wildman–Crippen MR) is 64.1 cm³/mol. The van der Waals surface area contributed by atoms with Crippen molar-refractivity contribution < 1.29 is 4.74 Å². The molecule has 2 heterocycles. The van der Waals surface area contributed by atoms with Gasteiger partial charge < -0.3 is 10.5 Å². The van der Waals surface area contributed by atoms with Crippen LogP contribution in [0.4, 0.5) is 0 Å². The first-order valence-corrected chi connectivity index (χ1v) is 5.50. The van der Waals surface area contributed by atoms with E-state index in [-0.39, 0.29) is 0 Å². The minimum absolute atomic E-state index is 0.429. The van der Waals surface area contributed by atoms with Gasteiger partial charge in [-0.3, -0.25) is 9.97 Å². The second-order valence-corrected chi connectivity index (χ2v) is 4.05. The normalized spacial score (nSPS) is 10.1. The molecule has 2 aromatic heterocycles. The molecule has 0 radical (unpaired) electrons. The van der Waals surface area contributed by atoms with Crippen molar-refractivity contribution in [2.75, 3.05) is 0 Å². The summed E-state index contributed by atoms with van der Waals surface area (Å²) in [7, 11) is 0. The molecule has 0 saturated carbocycles. The van der Waals surface area contributed by atoms with Crippen molar-refractivity contribution in [2.24, 2.45) is 5.73 Å². The lowest BCUT2D eigenvalue weighted by Crippen LogP contribution is -1.98. The van der Waals surface area contributed by atoms with E-state index in [0.717, 1.165) is 10.2 Å². The van der Waals surface area contributed by atoms with Crippen molar-refractivity contribution in [1.29, 1.82) is 0 Å². The van der Waals surface area contributed by atoms with Gasteiger partial charge >= 0.3 is 0 Å². The van der Waals surface area contributed by atoms with Gasteiger partial charge in [0.1, 0.15) is 11.5 Å². The number of pyridine rings is 2. The van der Waals surface area contributed by atoms with E-state index >= 15 is 0 Å². The molecule has 16 heavy (non-hydrogen) atoms. The van der Waals surface area contributed by atoms with Crippen LogP contribution in [0.25, 0.3) is 0 Å². The number of nitrogens with two attached hydrogens (primary N) is 1. The predicted octanol–water partition coefficient (Wildman–Crippen LogP) is 2.49. The maximum Gasteiger partial charge on any atom is 0.146 e. The number of rotatable bonds is 3. The molecule has 0 aliphatic heterocycles. The van der Waals surface area contributed by atoms with Crippen LogP contribution in [-0.4, -0.2) is 9.97 Å². The summed E-state index contributed by atoms with van der Waals surface area (Å²) in [5, 5.41) is 0. The van der Waals surface area contributed by atoms with E-state index in [9.17, 15) is 0 Å². The highest BCUT2D eigenvalue weighted by atomic mass is 79.9. The number of hydrogen-bond acceptors (Lipinski definition) is 4. The first-order valence-electron chi connectivity index (χ1n) is 4.71. The number of halogens is 1. The first-order chi connectivity index (χ1) is 7.78. The van der Waals surface area contributed by atoms with Crippen LogP contribution in [0.1, 0.15) is 5.69 Å². The SMILES string of the molecule is NCc1ccc(Oc2cncc(Br)c2)cn1. The van der Waals surface area contributed by atoms with Crippen LogP contribution >= 0.6 is 15.9 Å². The standard InChI is InChI=1S/C11H10BrN3O/c12-8-3-11(6-14-5-8)16-10-2-1-9(4-13)15-7-10/h1-3,5-7H,4,13H2. The van der Waals surface area contributed by atoms with Gasteiger partial charge in [-0.25, -0.2) is 0 Å². The van der Waals surface area contributed by atoms with Crippen LogP contribution in [0.5, 0.6) is 11.5 Å². The van der Waals surface area contributed by atoms with E-state index in [2.05, 4.69) is 25.9 Å². The average molecular weight is 280 g/mol. The maximum atomic E-state index is 5.56. The molecule has 0 unspecified atom stereocenters.